The summed E-state index contributed by atoms with van der Waals surface area (Å²) in [4.78, 5) is 22.5. The van der Waals surface area contributed by atoms with E-state index in [0.717, 1.165) is 11.1 Å². The average Bonchev–Trinajstić information content (AvgIpc) is 3.05. The van der Waals surface area contributed by atoms with Crippen molar-refractivity contribution in [1.29, 1.82) is 5.41 Å². The summed E-state index contributed by atoms with van der Waals surface area (Å²) in [6, 6.07) is 14.4. The lowest BCUT2D eigenvalue weighted by molar-refractivity contribution is -0.140. The highest BCUT2D eigenvalue weighted by Crippen LogP contribution is 2.24. The lowest BCUT2D eigenvalue weighted by Crippen LogP contribution is -2.31. The fraction of sp³-hybridized carbons (Fsp3) is 0.250. The van der Waals surface area contributed by atoms with Crippen LogP contribution in [0.4, 0.5) is 0 Å². The maximum absolute atomic E-state index is 11.8. The topological polar surface area (TPSA) is 132 Å². The molecule has 0 unspecified atom stereocenters. The molecule has 0 radical (unpaired) electrons. The number of hydrogen-bond donors (Lipinski definition) is 5. The second kappa shape index (κ2) is 8.53. The number of amidine groups is 1. The van der Waals surface area contributed by atoms with E-state index in [1.165, 1.54) is 0 Å². The molecule has 8 nitrogen and oxygen atoms in total. The Labute approximate surface area is 161 Å². The fourth-order valence-electron chi connectivity index (χ4n) is 3.16. The Morgan fingerprint density at radius 1 is 1.14 bits per heavy atom. The monoisotopic (exact) mass is 383 g/mol. The average molecular weight is 383 g/mol. The molecular weight excluding hydrogens is 362 g/mol. The van der Waals surface area contributed by atoms with E-state index < -0.39 is 11.9 Å². The van der Waals surface area contributed by atoms with Gasteiger partial charge in [-0.3, -0.25) is 25.7 Å². The summed E-state index contributed by atoms with van der Waals surface area (Å²) >= 11 is 0. The van der Waals surface area contributed by atoms with Gasteiger partial charge in [0.25, 0.3) is 0 Å². The minimum absolute atomic E-state index is 0.0695. The fourth-order valence-corrected chi connectivity index (χ4v) is 3.16. The van der Waals surface area contributed by atoms with E-state index in [0.29, 0.717) is 17.7 Å². The van der Waals surface area contributed by atoms with Crippen LogP contribution in [0.3, 0.4) is 0 Å². The van der Waals surface area contributed by atoms with Gasteiger partial charge < -0.3 is 15.2 Å². The summed E-state index contributed by atoms with van der Waals surface area (Å²) in [5.74, 6) is -1.13. The number of aliphatic carboxylic acids is 1. The van der Waals surface area contributed by atoms with Gasteiger partial charge in [0.1, 0.15) is 18.2 Å². The molecule has 3 rings (SSSR count). The van der Waals surface area contributed by atoms with E-state index in [-0.39, 0.29) is 30.8 Å². The highest BCUT2D eigenvalue weighted by molar-refractivity contribution is 5.95. The summed E-state index contributed by atoms with van der Waals surface area (Å²) in [5.41, 5.74) is 4.32. The van der Waals surface area contributed by atoms with Crippen LogP contribution in [0.1, 0.15) is 18.4 Å². The largest absolute Gasteiger partial charge is 0.491 e. The van der Waals surface area contributed by atoms with Crippen molar-refractivity contribution in [2.45, 2.75) is 18.9 Å². The normalized spacial score (nSPS) is 18.4. The predicted octanol–water partition coefficient (Wildman–Crippen LogP) is 2.02. The number of carbonyl (C=O) groups excluding carboxylic acids is 1. The van der Waals surface area contributed by atoms with Crippen LogP contribution in [0, 0.1) is 11.3 Å². The van der Waals surface area contributed by atoms with Crippen LogP contribution in [-0.4, -0.2) is 40.7 Å². The SMILES string of the molecule is N=C(NO)c1ccc(-c2ccc(OC[C@@H]3C[C@@H](CC(=O)O)C(=O)N3)cc2)cc1. The van der Waals surface area contributed by atoms with Crippen LogP contribution in [0.15, 0.2) is 48.5 Å². The molecule has 0 aliphatic carbocycles. The van der Waals surface area contributed by atoms with Gasteiger partial charge in [-0.25, -0.2) is 0 Å². The van der Waals surface area contributed by atoms with Gasteiger partial charge in [-0.05, 0) is 29.7 Å². The van der Waals surface area contributed by atoms with Gasteiger partial charge in [0.05, 0.1) is 18.4 Å². The molecular formula is C20H21N3O5. The van der Waals surface area contributed by atoms with E-state index in [4.69, 9.17) is 20.5 Å². The van der Waals surface area contributed by atoms with Crippen molar-refractivity contribution in [1.82, 2.24) is 10.8 Å². The lowest BCUT2D eigenvalue weighted by Gasteiger charge is -2.12. The Balaban J connectivity index is 1.56. The van der Waals surface area contributed by atoms with Crippen LogP contribution < -0.4 is 15.5 Å². The molecule has 1 heterocycles. The quantitative estimate of drug-likeness (QED) is 0.282. The summed E-state index contributed by atoms with van der Waals surface area (Å²) < 4.78 is 5.72. The molecule has 1 saturated heterocycles. The number of carbonyl (C=O) groups is 2. The first-order chi connectivity index (χ1) is 13.5. The number of nitrogens with one attached hydrogen (secondary N) is 3. The van der Waals surface area contributed by atoms with Crippen molar-refractivity contribution in [3.8, 4) is 16.9 Å². The smallest absolute Gasteiger partial charge is 0.304 e. The van der Waals surface area contributed by atoms with Gasteiger partial charge in [-0.1, -0.05) is 36.4 Å². The zero-order valence-corrected chi connectivity index (χ0v) is 15.0. The Morgan fingerprint density at radius 3 is 2.32 bits per heavy atom. The summed E-state index contributed by atoms with van der Waals surface area (Å²) in [5, 5.41) is 27.9. The van der Waals surface area contributed by atoms with Crippen LogP contribution in [0.25, 0.3) is 11.1 Å². The molecule has 28 heavy (non-hydrogen) atoms. The van der Waals surface area contributed by atoms with E-state index in [1.54, 1.807) is 12.1 Å². The molecule has 1 amide bonds. The molecule has 0 saturated carbocycles. The number of ether oxygens (including phenoxy) is 1. The van der Waals surface area contributed by atoms with E-state index in [9.17, 15) is 9.59 Å². The minimum atomic E-state index is -0.977. The Kier molecular flexibility index (Phi) is 5.90. The third-order valence-electron chi connectivity index (χ3n) is 4.63. The standard InChI is InChI=1S/C20H21N3O5/c21-19(23-27)14-3-1-12(2-4-14)13-5-7-17(8-6-13)28-11-16-9-15(10-18(24)25)20(26)22-16/h1-8,15-16,27H,9-11H2,(H2,21,23)(H,22,26)(H,24,25)/t15-,16-/m0/s1. The minimum Gasteiger partial charge on any atom is -0.491 e. The number of carboxylic acids is 1. The highest BCUT2D eigenvalue weighted by Gasteiger charge is 2.33. The molecule has 146 valence electrons. The molecule has 2 atom stereocenters. The Bertz CT molecular complexity index is 864. The number of amides is 1. The molecule has 1 aliphatic heterocycles. The second-order valence-corrected chi connectivity index (χ2v) is 6.64. The molecule has 0 spiro atoms. The molecule has 8 heteroatoms. The summed E-state index contributed by atoms with van der Waals surface area (Å²) in [6.07, 6.45) is 0.289. The molecule has 0 bridgehead atoms. The number of rotatable bonds is 7. The maximum Gasteiger partial charge on any atom is 0.304 e. The van der Waals surface area contributed by atoms with E-state index in [2.05, 4.69) is 5.32 Å². The third kappa shape index (κ3) is 4.66. The Morgan fingerprint density at radius 2 is 1.75 bits per heavy atom. The lowest BCUT2D eigenvalue weighted by atomic mass is 10.0. The van der Waals surface area contributed by atoms with Gasteiger partial charge in [0.2, 0.25) is 5.91 Å². The van der Waals surface area contributed by atoms with Crippen molar-refractivity contribution >= 4 is 17.7 Å². The van der Waals surface area contributed by atoms with Gasteiger partial charge in [0.15, 0.2) is 0 Å². The van der Waals surface area contributed by atoms with Crippen LogP contribution in [-0.2, 0) is 9.59 Å². The van der Waals surface area contributed by atoms with Crippen LogP contribution in [0.5, 0.6) is 5.75 Å². The first-order valence-corrected chi connectivity index (χ1v) is 8.80. The maximum atomic E-state index is 11.8. The van der Waals surface area contributed by atoms with Crippen molar-refractivity contribution in [2.24, 2.45) is 5.92 Å². The first-order valence-electron chi connectivity index (χ1n) is 8.80. The van der Waals surface area contributed by atoms with Crippen LogP contribution in [0.2, 0.25) is 0 Å². The first kappa shape index (κ1) is 19.4. The number of hydrogen-bond acceptors (Lipinski definition) is 5. The number of benzene rings is 2. The summed E-state index contributed by atoms with van der Waals surface area (Å²) in [6.45, 7) is 0.284. The second-order valence-electron chi connectivity index (χ2n) is 6.64. The van der Waals surface area contributed by atoms with Crippen molar-refractivity contribution in [3.63, 3.8) is 0 Å². The number of hydroxylamine groups is 1. The van der Waals surface area contributed by atoms with Crippen molar-refractivity contribution < 1.29 is 24.6 Å². The van der Waals surface area contributed by atoms with E-state index in [1.807, 2.05) is 41.9 Å². The molecule has 1 fully saturated rings. The van der Waals surface area contributed by atoms with Gasteiger partial charge >= 0.3 is 5.97 Å². The molecule has 0 aromatic heterocycles. The zero-order valence-electron chi connectivity index (χ0n) is 15.0. The van der Waals surface area contributed by atoms with Gasteiger partial charge in [0, 0.05) is 5.56 Å². The predicted molar refractivity (Wildman–Crippen MR) is 101 cm³/mol. The molecule has 5 N–H and O–H groups in total. The molecule has 2 aromatic carbocycles. The van der Waals surface area contributed by atoms with Crippen molar-refractivity contribution in [2.75, 3.05) is 6.61 Å². The molecule has 2 aromatic rings. The van der Waals surface area contributed by atoms with Gasteiger partial charge in [-0.15, -0.1) is 0 Å². The summed E-state index contributed by atoms with van der Waals surface area (Å²) in [7, 11) is 0. The third-order valence-corrected chi connectivity index (χ3v) is 4.63. The molecule has 1 aliphatic rings. The van der Waals surface area contributed by atoms with Crippen LogP contribution >= 0.6 is 0 Å². The van der Waals surface area contributed by atoms with E-state index >= 15 is 0 Å². The Hall–Kier alpha value is -3.39. The zero-order chi connectivity index (χ0) is 20.1. The van der Waals surface area contributed by atoms with Crippen molar-refractivity contribution in [3.05, 3.63) is 54.1 Å². The van der Waals surface area contributed by atoms with Gasteiger partial charge in [-0.2, -0.15) is 0 Å². The number of carboxylic acid groups (broad SMARTS) is 1. The highest BCUT2D eigenvalue weighted by atomic mass is 16.5.